The Bertz CT molecular complexity index is 818. The first kappa shape index (κ1) is 20.3. The third kappa shape index (κ3) is 5.32. The third-order valence-corrected chi connectivity index (χ3v) is 5.07. The molecule has 2 aromatic rings. The van der Waals surface area contributed by atoms with Crippen molar-refractivity contribution in [1.29, 1.82) is 0 Å². The van der Waals surface area contributed by atoms with E-state index in [4.69, 9.17) is 0 Å². The average Bonchev–Trinajstić information content (AvgIpc) is 2.67. The number of hydrogen-bond acceptors (Lipinski definition) is 3. The number of piperidine rings is 1. The fraction of sp³-hybridized carbons (Fsp3) is 0.429. The fourth-order valence-corrected chi connectivity index (χ4v) is 3.29. The van der Waals surface area contributed by atoms with Crippen LogP contribution >= 0.6 is 0 Å². The van der Waals surface area contributed by atoms with Crippen LogP contribution in [0.15, 0.2) is 36.5 Å². The lowest BCUT2D eigenvalue weighted by atomic mass is 9.92. The molecule has 1 N–H and O–H groups in total. The number of alkyl halides is 1. The second-order valence-corrected chi connectivity index (χ2v) is 7.39. The van der Waals surface area contributed by atoms with Crippen molar-refractivity contribution in [2.75, 3.05) is 19.6 Å². The van der Waals surface area contributed by atoms with Crippen LogP contribution in [0.25, 0.3) is 0 Å². The number of aryl methyl sites for hydroxylation is 1. The maximum Gasteiger partial charge on any atom is 0.226 e. The molecule has 150 valence electrons. The number of nitrogens with one attached hydrogen (secondary N) is 1. The largest absolute Gasteiger partial charge is 0.342 e. The highest BCUT2D eigenvalue weighted by Gasteiger charge is 2.35. The van der Waals surface area contributed by atoms with E-state index in [0.29, 0.717) is 25.2 Å². The first-order chi connectivity index (χ1) is 13.3. The van der Waals surface area contributed by atoms with Gasteiger partial charge in [-0.15, -0.1) is 0 Å². The minimum absolute atomic E-state index is 0.0200. The van der Waals surface area contributed by atoms with E-state index in [1.165, 1.54) is 6.07 Å². The van der Waals surface area contributed by atoms with E-state index in [0.717, 1.165) is 23.4 Å². The van der Waals surface area contributed by atoms with Gasteiger partial charge in [0, 0.05) is 45.2 Å². The lowest BCUT2D eigenvalue weighted by molar-refractivity contribution is -0.133. The summed E-state index contributed by atoms with van der Waals surface area (Å²) in [4.78, 5) is 18.2. The number of benzene rings is 1. The van der Waals surface area contributed by atoms with Gasteiger partial charge < -0.3 is 10.2 Å². The van der Waals surface area contributed by atoms with Gasteiger partial charge in [0.15, 0.2) is 11.6 Å². The van der Waals surface area contributed by atoms with Crippen LogP contribution < -0.4 is 5.32 Å². The quantitative estimate of drug-likeness (QED) is 0.822. The molecule has 1 aliphatic rings. The minimum atomic E-state index is -1.37. The molecule has 0 atom stereocenters. The van der Waals surface area contributed by atoms with Crippen molar-refractivity contribution >= 4 is 5.91 Å². The number of carbonyl (C=O) groups is 1. The Kier molecular flexibility index (Phi) is 6.34. The summed E-state index contributed by atoms with van der Waals surface area (Å²) in [5, 5.41) is 3.11. The molecule has 1 saturated heterocycles. The summed E-state index contributed by atoms with van der Waals surface area (Å²) < 4.78 is 41.2. The summed E-state index contributed by atoms with van der Waals surface area (Å²) in [5.41, 5.74) is 0.969. The number of carbonyl (C=O) groups excluding carboxylic acids is 1. The van der Waals surface area contributed by atoms with E-state index in [1.54, 1.807) is 11.1 Å². The van der Waals surface area contributed by atoms with Crippen LogP contribution in [0.2, 0.25) is 0 Å². The normalized spacial score (nSPS) is 16.2. The lowest BCUT2D eigenvalue weighted by Gasteiger charge is -2.36. The molecule has 7 heteroatoms. The highest BCUT2D eigenvalue weighted by molar-refractivity contribution is 5.78. The Morgan fingerprint density at radius 2 is 1.93 bits per heavy atom. The Labute approximate surface area is 162 Å². The Morgan fingerprint density at radius 1 is 1.18 bits per heavy atom. The number of amides is 1. The highest BCUT2D eigenvalue weighted by Crippen LogP contribution is 2.26. The van der Waals surface area contributed by atoms with Gasteiger partial charge in [-0.25, -0.2) is 13.2 Å². The van der Waals surface area contributed by atoms with E-state index in [2.05, 4.69) is 10.3 Å². The second kappa shape index (κ2) is 8.73. The maximum absolute atomic E-state index is 15.0. The summed E-state index contributed by atoms with van der Waals surface area (Å²) in [6.07, 6.45) is 2.24. The molecule has 28 heavy (non-hydrogen) atoms. The molecule has 4 nitrogen and oxygen atoms in total. The van der Waals surface area contributed by atoms with E-state index in [9.17, 15) is 18.0 Å². The fourth-order valence-electron chi connectivity index (χ4n) is 3.29. The molecule has 1 amide bonds. The Balaban J connectivity index is 1.45. The van der Waals surface area contributed by atoms with Crippen LogP contribution in [0, 0.1) is 18.6 Å². The summed E-state index contributed by atoms with van der Waals surface area (Å²) >= 11 is 0. The van der Waals surface area contributed by atoms with Crippen molar-refractivity contribution in [3.05, 3.63) is 65.0 Å². The number of nitrogens with zero attached hydrogens (tertiary/aromatic N) is 2. The maximum atomic E-state index is 15.0. The van der Waals surface area contributed by atoms with Gasteiger partial charge >= 0.3 is 0 Å². The molecule has 0 spiro atoms. The molecular weight excluding hydrogens is 367 g/mol. The van der Waals surface area contributed by atoms with Crippen molar-refractivity contribution in [1.82, 2.24) is 15.2 Å². The predicted molar refractivity (Wildman–Crippen MR) is 100 cm³/mol. The summed E-state index contributed by atoms with van der Waals surface area (Å²) in [7, 11) is 0. The van der Waals surface area contributed by atoms with Crippen molar-refractivity contribution < 1.29 is 18.0 Å². The number of likely N-dealkylation sites (tertiary alicyclic amines) is 1. The summed E-state index contributed by atoms with van der Waals surface area (Å²) in [6, 6.07) is 7.30. The number of halogens is 3. The van der Waals surface area contributed by atoms with Crippen molar-refractivity contribution in [2.45, 2.75) is 38.4 Å². The molecular formula is C21H24F3N3O. The van der Waals surface area contributed by atoms with E-state index >= 15 is 0 Å². The molecule has 1 aromatic carbocycles. The molecule has 0 unspecified atom stereocenters. The molecule has 0 bridgehead atoms. The minimum Gasteiger partial charge on any atom is -0.342 e. The Hall–Kier alpha value is -2.41. The second-order valence-electron chi connectivity index (χ2n) is 7.39. The molecule has 1 aliphatic heterocycles. The SMILES string of the molecule is Cc1ccc(CNCC2(F)CCN(C(=O)Cc3ccc(F)c(F)c3)CC2)nc1. The van der Waals surface area contributed by atoms with Crippen molar-refractivity contribution in [2.24, 2.45) is 0 Å². The van der Waals surface area contributed by atoms with Gasteiger partial charge in [-0.3, -0.25) is 9.78 Å². The van der Waals surface area contributed by atoms with Gasteiger partial charge in [0.25, 0.3) is 0 Å². The zero-order chi connectivity index (χ0) is 20.1. The van der Waals surface area contributed by atoms with E-state index in [1.807, 2.05) is 19.1 Å². The zero-order valence-electron chi connectivity index (χ0n) is 15.9. The summed E-state index contributed by atoms with van der Waals surface area (Å²) in [6.45, 7) is 3.27. The van der Waals surface area contributed by atoms with Gasteiger partial charge in [-0.1, -0.05) is 12.1 Å². The molecule has 1 fully saturated rings. The number of aromatic nitrogens is 1. The van der Waals surface area contributed by atoms with Gasteiger partial charge in [0.05, 0.1) is 12.1 Å². The van der Waals surface area contributed by atoms with Crippen LogP contribution in [0.5, 0.6) is 0 Å². The smallest absolute Gasteiger partial charge is 0.226 e. The van der Waals surface area contributed by atoms with Gasteiger partial charge in [0.2, 0.25) is 5.91 Å². The molecule has 3 rings (SSSR count). The lowest BCUT2D eigenvalue weighted by Crippen LogP contribution is -2.49. The summed E-state index contributed by atoms with van der Waals surface area (Å²) in [5.74, 6) is -2.12. The third-order valence-electron chi connectivity index (χ3n) is 5.07. The van der Waals surface area contributed by atoms with Crippen LogP contribution in [-0.4, -0.2) is 41.1 Å². The number of pyridine rings is 1. The predicted octanol–water partition coefficient (Wildman–Crippen LogP) is 3.33. The standard InChI is InChI=1S/C21H24F3N3O/c1-15-2-4-17(26-12-15)13-25-14-21(24)6-8-27(9-7-21)20(28)11-16-3-5-18(22)19(23)10-16/h2-5,10,12,25H,6-9,11,13-14H2,1H3. The molecule has 0 radical (unpaired) electrons. The van der Waals surface area contributed by atoms with Gasteiger partial charge in [-0.2, -0.15) is 0 Å². The van der Waals surface area contributed by atoms with Crippen LogP contribution in [0.3, 0.4) is 0 Å². The first-order valence-corrected chi connectivity index (χ1v) is 9.37. The molecule has 0 saturated carbocycles. The number of rotatable bonds is 6. The molecule has 2 heterocycles. The highest BCUT2D eigenvalue weighted by atomic mass is 19.2. The topological polar surface area (TPSA) is 45.2 Å². The molecule has 0 aliphatic carbocycles. The van der Waals surface area contributed by atoms with Crippen LogP contribution in [0.1, 0.15) is 29.7 Å². The van der Waals surface area contributed by atoms with Crippen molar-refractivity contribution in [3.63, 3.8) is 0 Å². The van der Waals surface area contributed by atoms with Gasteiger partial charge in [0.1, 0.15) is 5.67 Å². The first-order valence-electron chi connectivity index (χ1n) is 9.37. The van der Waals surface area contributed by atoms with Gasteiger partial charge in [-0.05, 0) is 36.2 Å². The van der Waals surface area contributed by atoms with E-state index in [-0.39, 0.29) is 31.7 Å². The molecule has 1 aromatic heterocycles. The van der Waals surface area contributed by atoms with Crippen molar-refractivity contribution in [3.8, 4) is 0 Å². The van der Waals surface area contributed by atoms with Crippen LogP contribution in [0.4, 0.5) is 13.2 Å². The number of hydrogen-bond donors (Lipinski definition) is 1. The average molecular weight is 391 g/mol. The van der Waals surface area contributed by atoms with E-state index < -0.39 is 17.3 Å². The van der Waals surface area contributed by atoms with Crippen LogP contribution in [-0.2, 0) is 17.8 Å². The zero-order valence-corrected chi connectivity index (χ0v) is 15.9. The monoisotopic (exact) mass is 391 g/mol. The Morgan fingerprint density at radius 3 is 2.57 bits per heavy atom.